The molecule has 3 aromatic rings. The van der Waals surface area contributed by atoms with Gasteiger partial charge in [-0.1, -0.05) is 37.3 Å². The molecule has 30 heavy (non-hydrogen) atoms. The molecule has 0 aliphatic heterocycles. The van der Waals surface area contributed by atoms with Crippen molar-refractivity contribution in [1.82, 2.24) is 15.5 Å². The van der Waals surface area contributed by atoms with Crippen molar-refractivity contribution in [3.63, 3.8) is 0 Å². The Hall–Kier alpha value is -3.33. The van der Waals surface area contributed by atoms with Crippen LogP contribution in [0.5, 0.6) is 5.75 Å². The van der Waals surface area contributed by atoms with Crippen molar-refractivity contribution in [3.8, 4) is 16.3 Å². The highest BCUT2D eigenvalue weighted by Crippen LogP contribution is 2.28. The van der Waals surface area contributed by atoms with Crippen LogP contribution >= 0.6 is 11.3 Å². The van der Waals surface area contributed by atoms with E-state index in [1.165, 1.54) is 35.6 Å². The third-order valence-electron chi connectivity index (χ3n) is 4.31. The fraction of sp³-hybridized carbons (Fsp3) is 0.238. The van der Waals surface area contributed by atoms with Crippen LogP contribution in [0, 0.1) is 11.7 Å². The zero-order valence-corrected chi connectivity index (χ0v) is 17.5. The maximum absolute atomic E-state index is 13.1. The van der Waals surface area contributed by atoms with Crippen LogP contribution in [0.4, 0.5) is 9.52 Å². The van der Waals surface area contributed by atoms with E-state index in [1.807, 2.05) is 38.1 Å². The predicted molar refractivity (Wildman–Crippen MR) is 113 cm³/mol. The van der Waals surface area contributed by atoms with Gasteiger partial charge in [0.2, 0.25) is 11.0 Å². The van der Waals surface area contributed by atoms with Crippen LogP contribution in [-0.4, -0.2) is 35.2 Å². The normalized spacial score (nSPS) is 11.8. The maximum Gasteiger partial charge on any atom is 0.251 e. The molecule has 156 valence electrons. The van der Waals surface area contributed by atoms with Crippen molar-refractivity contribution in [2.75, 3.05) is 12.4 Å². The summed E-state index contributed by atoms with van der Waals surface area (Å²) in [6.07, 6.45) is 0. The second-order valence-electron chi connectivity index (χ2n) is 6.84. The SMILES string of the molecule is COc1cccc(-c2nnc(NC(=O)C(NC(=O)c3ccc(F)cc3)C(C)C)s2)c1. The van der Waals surface area contributed by atoms with Crippen LogP contribution < -0.4 is 15.4 Å². The molecule has 0 radical (unpaired) electrons. The molecule has 0 fully saturated rings. The molecule has 1 aromatic heterocycles. The number of benzene rings is 2. The zero-order valence-electron chi connectivity index (χ0n) is 16.7. The highest BCUT2D eigenvalue weighted by atomic mass is 32.1. The van der Waals surface area contributed by atoms with Crippen molar-refractivity contribution >= 4 is 28.3 Å². The first-order valence-electron chi connectivity index (χ1n) is 9.22. The Morgan fingerprint density at radius 1 is 1.10 bits per heavy atom. The van der Waals surface area contributed by atoms with Gasteiger partial charge in [0.15, 0.2) is 0 Å². The molecular weight excluding hydrogens is 407 g/mol. The third-order valence-corrected chi connectivity index (χ3v) is 5.20. The summed E-state index contributed by atoms with van der Waals surface area (Å²) in [5, 5.41) is 14.5. The van der Waals surface area contributed by atoms with Crippen LogP contribution in [0.15, 0.2) is 48.5 Å². The lowest BCUT2D eigenvalue weighted by Crippen LogP contribution is -2.47. The van der Waals surface area contributed by atoms with Crippen LogP contribution in [-0.2, 0) is 4.79 Å². The van der Waals surface area contributed by atoms with Crippen molar-refractivity contribution < 1.29 is 18.7 Å². The Kier molecular flexibility index (Phi) is 6.73. The highest BCUT2D eigenvalue weighted by Gasteiger charge is 2.26. The van der Waals surface area contributed by atoms with Gasteiger partial charge in [-0.2, -0.15) is 0 Å². The predicted octanol–water partition coefficient (Wildman–Crippen LogP) is 3.75. The second kappa shape index (κ2) is 9.45. The minimum Gasteiger partial charge on any atom is -0.497 e. The van der Waals surface area contributed by atoms with Gasteiger partial charge in [0.05, 0.1) is 7.11 Å². The van der Waals surface area contributed by atoms with Crippen molar-refractivity contribution in [1.29, 1.82) is 0 Å². The molecule has 1 heterocycles. The summed E-state index contributed by atoms with van der Waals surface area (Å²) in [5.74, 6) is -0.795. The molecule has 0 saturated carbocycles. The quantitative estimate of drug-likeness (QED) is 0.598. The summed E-state index contributed by atoms with van der Waals surface area (Å²) in [4.78, 5) is 25.2. The average Bonchev–Trinajstić information content (AvgIpc) is 3.20. The van der Waals surface area contributed by atoms with Gasteiger partial charge in [-0.05, 0) is 42.3 Å². The number of rotatable bonds is 7. The van der Waals surface area contributed by atoms with Gasteiger partial charge in [-0.3, -0.25) is 14.9 Å². The number of ether oxygens (including phenoxy) is 1. The van der Waals surface area contributed by atoms with Crippen molar-refractivity contribution in [2.24, 2.45) is 5.92 Å². The zero-order chi connectivity index (χ0) is 21.7. The fourth-order valence-electron chi connectivity index (χ4n) is 2.69. The molecule has 7 nitrogen and oxygen atoms in total. The first-order chi connectivity index (χ1) is 14.4. The molecular formula is C21H21FN4O3S. The molecule has 2 N–H and O–H groups in total. The summed E-state index contributed by atoms with van der Waals surface area (Å²) in [6, 6.07) is 11.7. The summed E-state index contributed by atoms with van der Waals surface area (Å²) in [7, 11) is 1.58. The number of anilines is 1. The van der Waals surface area contributed by atoms with E-state index >= 15 is 0 Å². The molecule has 0 saturated heterocycles. The Morgan fingerprint density at radius 2 is 1.83 bits per heavy atom. The third kappa shape index (κ3) is 5.18. The molecule has 1 atom stereocenters. The number of hydrogen-bond donors (Lipinski definition) is 2. The first-order valence-corrected chi connectivity index (χ1v) is 10.0. The van der Waals surface area contributed by atoms with Gasteiger partial charge in [0.1, 0.15) is 22.6 Å². The number of aromatic nitrogens is 2. The average molecular weight is 428 g/mol. The van der Waals surface area contributed by atoms with E-state index in [0.29, 0.717) is 15.9 Å². The number of carbonyl (C=O) groups is 2. The minimum absolute atomic E-state index is 0.180. The van der Waals surface area contributed by atoms with Crippen molar-refractivity contribution in [2.45, 2.75) is 19.9 Å². The molecule has 9 heteroatoms. The minimum atomic E-state index is -0.799. The number of nitrogens with one attached hydrogen (secondary N) is 2. The number of amides is 2. The molecule has 0 aliphatic rings. The Bertz CT molecular complexity index is 1040. The van der Waals surface area contributed by atoms with E-state index in [0.717, 1.165) is 5.56 Å². The summed E-state index contributed by atoms with van der Waals surface area (Å²) < 4.78 is 18.3. The topological polar surface area (TPSA) is 93.2 Å². The van der Waals surface area contributed by atoms with E-state index in [-0.39, 0.29) is 11.5 Å². The van der Waals surface area contributed by atoms with E-state index in [1.54, 1.807) is 7.11 Å². The van der Waals surface area contributed by atoms with Crippen LogP contribution in [0.1, 0.15) is 24.2 Å². The van der Waals surface area contributed by atoms with E-state index in [9.17, 15) is 14.0 Å². The van der Waals surface area contributed by atoms with Crippen LogP contribution in [0.25, 0.3) is 10.6 Å². The van der Waals surface area contributed by atoms with Gasteiger partial charge in [-0.15, -0.1) is 10.2 Å². The molecule has 2 amide bonds. The van der Waals surface area contributed by atoms with Crippen LogP contribution in [0.2, 0.25) is 0 Å². The Morgan fingerprint density at radius 3 is 2.50 bits per heavy atom. The Labute approximate surface area is 177 Å². The standard InChI is InChI=1S/C21H21FN4O3S/c1-12(2)17(23-18(27)13-7-9-15(22)10-8-13)19(28)24-21-26-25-20(30-21)14-5-4-6-16(11-14)29-3/h4-12,17H,1-3H3,(H,23,27)(H,24,26,28). The largest absolute Gasteiger partial charge is 0.497 e. The molecule has 2 aromatic carbocycles. The smallest absolute Gasteiger partial charge is 0.251 e. The first kappa shape index (κ1) is 21.4. The number of nitrogens with zero attached hydrogens (tertiary/aromatic N) is 2. The molecule has 3 rings (SSSR count). The fourth-order valence-corrected chi connectivity index (χ4v) is 3.43. The van der Waals surface area contributed by atoms with Crippen molar-refractivity contribution in [3.05, 3.63) is 59.9 Å². The van der Waals surface area contributed by atoms with Gasteiger partial charge in [-0.25, -0.2) is 4.39 Å². The van der Waals surface area contributed by atoms with Crippen LogP contribution in [0.3, 0.4) is 0 Å². The van der Waals surface area contributed by atoms with Gasteiger partial charge in [0, 0.05) is 11.1 Å². The molecule has 0 spiro atoms. The van der Waals surface area contributed by atoms with E-state index in [4.69, 9.17) is 4.74 Å². The summed E-state index contributed by atoms with van der Waals surface area (Å²) in [5.41, 5.74) is 1.09. The summed E-state index contributed by atoms with van der Waals surface area (Å²) >= 11 is 1.22. The lowest BCUT2D eigenvalue weighted by Gasteiger charge is -2.21. The lowest BCUT2D eigenvalue weighted by atomic mass is 10.0. The monoisotopic (exact) mass is 428 g/mol. The van der Waals surface area contributed by atoms with Gasteiger partial charge < -0.3 is 10.1 Å². The van der Waals surface area contributed by atoms with E-state index in [2.05, 4.69) is 20.8 Å². The number of carbonyl (C=O) groups excluding carboxylic acids is 2. The Balaban J connectivity index is 1.70. The second-order valence-corrected chi connectivity index (χ2v) is 7.81. The number of hydrogen-bond acceptors (Lipinski definition) is 6. The summed E-state index contributed by atoms with van der Waals surface area (Å²) in [6.45, 7) is 3.63. The van der Waals surface area contributed by atoms with Gasteiger partial charge >= 0.3 is 0 Å². The molecule has 1 unspecified atom stereocenters. The highest BCUT2D eigenvalue weighted by molar-refractivity contribution is 7.18. The molecule has 0 bridgehead atoms. The van der Waals surface area contributed by atoms with Gasteiger partial charge in [0.25, 0.3) is 5.91 Å². The maximum atomic E-state index is 13.1. The van der Waals surface area contributed by atoms with E-state index < -0.39 is 23.7 Å². The molecule has 0 aliphatic carbocycles. The number of methoxy groups -OCH3 is 1. The number of halogens is 1. The lowest BCUT2D eigenvalue weighted by molar-refractivity contribution is -0.118.